The van der Waals surface area contributed by atoms with Crippen LogP contribution >= 0.6 is 0 Å². The van der Waals surface area contributed by atoms with Gasteiger partial charge in [-0.1, -0.05) is 37.5 Å². The summed E-state index contributed by atoms with van der Waals surface area (Å²) in [5, 5.41) is 8.84. The molecular formula is C28H31N5O. The molecule has 0 saturated heterocycles. The number of rotatable bonds is 4. The van der Waals surface area contributed by atoms with Crippen molar-refractivity contribution in [2.24, 2.45) is 5.92 Å². The van der Waals surface area contributed by atoms with Gasteiger partial charge in [-0.05, 0) is 74.9 Å². The molecule has 1 aliphatic heterocycles. The van der Waals surface area contributed by atoms with Crippen molar-refractivity contribution in [2.45, 2.75) is 58.3 Å². The average Bonchev–Trinajstić information content (AvgIpc) is 3.50. The summed E-state index contributed by atoms with van der Waals surface area (Å²) in [6.07, 6.45) is 11.3. The van der Waals surface area contributed by atoms with E-state index in [-0.39, 0.29) is 5.91 Å². The highest BCUT2D eigenvalue weighted by Crippen LogP contribution is 2.43. The Labute approximate surface area is 199 Å². The molecule has 6 nitrogen and oxygen atoms in total. The highest BCUT2D eigenvalue weighted by atomic mass is 16.2. The predicted octanol–water partition coefficient (Wildman–Crippen LogP) is 6.34. The number of nitrogens with zero attached hydrogens (tertiary/aromatic N) is 3. The van der Waals surface area contributed by atoms with Crippen LogP contribution in [0.15, 0.2) is 36.4 Å². The van der Waals surface area contributed by atoms with Gasteiger partial charge in [0.1, 0.15) is 5.69 Å². The number of aromatic nitrogens is 4. The molecule has 0 bridgehead atoms. The van der Waals surface area contributed by atoms with Gasteiger partial charge >= 0.3 is 0 Å². The summed E-state index contributed by atoms with van der Waals surface area (Å²) in [6.45, 7) is 6.65. The second-order valence-electron chi connectivity index (χ2n) is 10.3. The van der Waals surface area contributed by atoms with Crippen LogP contribution in [0.5, 0.6) is 0 Å². The van der Waals surface area contributed by atoms with Gasteiger partial charge in [0, 0.05) is 11.9 Å². The third-order valence-corrected chi connectivity index (χ3v) is 7.68. The van der Waals surface area contributed by atoms with E-state index < -0.39 is 5.41 Å². The molecule has 2 aromatic carbocycles. The number of carbonyl (C=O) groups is 1. The number of H-pyrrole nitrogens is 2. The maximum Gasteiger partial charge on any atom is 0.237 e. The van der Waals surface area contributed by atoms with E-state index in [9.17, 15) is 4.79 Å². The van der Waals surface area contributed by atoms with Crippen molar-refractivity contribution in [1.82, 2.24) is 20.2 Å². The first-order valence-corrected chi connectivity index (χ1v) is 12.5. The Bertz CT molecular complexity index is 1430. The minimum atomic E-state index is -0.536. The van der Waals surface area contributed by atoms with Crippen LogP contribution in [0, 0.1) is 5.92 Å². The predicted molar refractivity (Wildman–Crippen MR) is 138 cm³/mol. The largest absolute Gasteiger partial charge is 0.337 e. The van der Waals surface area contributed by atoms with Gasteiger partial charge in [-0.15, -0.1) is 0 Å². The Hall–Kier alpha value is -3.41. The second kappa shape index (κ2) is 7.83. The number of aromatic amines is 2. The number of fused-ring (bicyclic) bond motifs is 3. The molecule has 1 aliphatic carbocycles. The van der Waals surface area contributed by atoms with Crippen molar-refractivity contribution in [3.8, 4) is 11.5 Å². The lowest BCUT2D eigenvalue weighted by molar-refractivity contribution is -0.122. The third-order valence-electron chi connectivity index (χ3n) is 7.68. The van der Waals surface area contributed by atoms with Gasteiger partial charge in [0.2, 0.25) is 5.91 Å². The zero-order valence-electron chi connectivity index (χ0n) is 20.1. The number of nitrogens with one attached hydrogen (secondary N) is 2. The van der Waals surface area contributed by atoms with E-state index in [0.29, 0.717) is 12.5 Å². The van der Waals surface area contributed by atoms with Crippen molar-refractivity contribution in [3.63, 3.8) is 0 Å². The van der Waals surface area contributed by atoms with Crippen molar-refractivity contribution in [2.75, 3.05) is 11.4 Å². The maximum atomic E-state index is 12.9. The SMILES string of the molecule is CCN1C(=O)C(C)(C)c2cc3[nH]c(-c4n[nH]c5cc(/C=C/C6CCCCC6)ccc45)nc3cc21. The molecule has 0 unspecified atom stereocenters. The Balaban J connectivity index is 1.35. The average molecular weight is 454 g/mol. The molecule has 4 aromatic rings. The molecule has 1 fully saturated rings. The van der Waals surface area contributed by atoms with E-state index in [4.69, 9.17) is 4.98 Å². The highest BCUT2D eigenvalue weighted by Gasteiger charge is 2.43. The van der Waals surface area contributed by atoms with Crippen LogP contribution in [-0.2, 0) is 10.2 Å². The van der Waals surface area contributed by atoms with E-state index >= 15 is 0 Å². The third kappa shape index (κ3) is 3.27. The lowest BCUT2D eigenvalue weighted by atomic mass is 9.86. The molecule has 2 N–H and O–H groups in total. The van der Waals surface area contributed by atoms with E-state index in [1.807, 2.05) is 31.7 Å². The first kappa shape index (κ1) is 21.1. The van der Waals surface area contributed by atoms with Crippen LogP contribution in [0.3, 0.4) is 0 Å². The van der Waals surface area contributed by atoms with E-state index in [2.05, 4.69) is 51.6 Å². The number of anilines is 1. The van der Waals surface area contributed by atoms with Gasteiger partial charge in [0.05, 0.1) is 27.7 Å². The zero-order chi connectivity index (χ0) is 23.4. The van der Waals surface area contributed by atoms with Crippen LogP contribution in [0.2, 0.25) is 0 Å². The van der Waals surface area contributed by atoms with Crippen LogP contribution in [-0.4, -0.2) is 32.6 Å². The van der Waals surface area contributed by atoms with Gasteiger partial charge in [-0.3, -0.25) is 9.89 Å². The van der Waals surface area contributed by atoms with E-state index in [1.165, 1.54) is 37.7 Å². The van der Waals surface area contributed by atoms with E-state index in [1.54, 1.807) is 0 Å². The van der Waals surface area contributed by atoms with Crippen molar-refractivity contribution in [1.29, 1.82) is 0 Å². The molecule has 174 valence electrons. The summed E-state index contributed by atoms with van der Waals surface area (Å²) in [6, 6.07) is 10.6. The van der Waals surface area contributed by atoms with Crippen LogP contribution in [0.1, 0.15) is 64.0 Å². The lowest BCUT2D eigenvalue weighted by Crippen LogP contribution is -2.35. The molecule has 0 radical (unpaired) electrons. The summed E-state index contributed by atoms with van der Waals surface area (Å²) < 4.78 is 0. The van der Waals surface area contributed by atoms with Gasteiger partial charge in [-0.25, -0.2) is 4.98 Å². The number of likely N-dealkylation sites (N-methyl/N-ethyl adjacent to an activating group) is 1. The highest BCUT2D eigenvalue weighted by molar-refractivity contribution is 6.09. The Morgan fingerprint density at radius 3 is 2.74 bits per heavy atom. The first-order chi connectivity index (χ1) is 16.5. The second-order valence-corrected chi connectivity index (χ2v) is 10.3. The zero-order valence-corrected chi connectivity index (χ0v) is 20.1. The number of hydrogen-bond acceptors (Lipinski definition) is 3. The van der Waals surface area contributed by atoms with Crippen molar-refractivity contribution >= 4 is 39.6 Å². The summed E-state index contributed by atoms with van der Waals surface area (Å²) in [7, 11) is 0. The molecular weight excluding hydrogens is 422 g/mol. The Morgan fingerprint density at radius 1 is 1.12 bits per heavy atom. The summed E-state index contributed by atoms with van der Waals surface area (Å²) in [5.74, 6) is 1.59. The summed E-state index contributed by atoms with van der Waals surface area (Å²) >= 11 is 0. The normalized spacial score (nSPS) is 18.6. The van der Waals surface area contributed by atoms with Crippen molar-refractivity contribution in [3.05, 3.63) is 47.5 Å². The van der Waals surface area contributed by atoms with Gasteiger partial charge in [0.15, 0.2) is 5.82 Å². The van der Waals surface area contributed by atoms with Crippen molar-refractivity contribution < 1.29 is 4.79 Å². The summed E-state index contributed by atoms with van der Waals surface area (Å²) in [5.41, 5.74) is 6.26. The summed E-state index contributed by atoms with van der Waals surface area (Å²) in [4.78, 5) is 23.0. The molecule has 0 spiro atoms. The topological polar surface area (TPSA) is 77.7 Å². The van der Waals surface area contributed by atoms with Crippen LogP contribution in [0.4, 0.5) is 5.69 Å². The minimum Gasteiger partial charge on any atom is -0.337 e. The number of amides is 1. The fourth-order valence-electron chi connectivity index (χ4n) is 5.65. The fourth-order valence-corrected chi connectivity index (χ4v) is 5.65. The fraction of sp³-hybridized carbons (Fsp3) is 0.393. The van der Waals surface area contributed by atoms with Gasteiger partial charge in [0.25, 0.3) is 0 Å². The Kier molecular flexibility index (Phi) is 4.87. The molecule has 1 saturated carbocycles. The molecule has 6 heteroatoms. The molecule has 2 aliphatic rings. The number of imidazole rings is 1. The van der Waals surface area contributed by atoms with E-state index in [0.717, 1.165) is 44.7 Å². The quantitative estimate of drug-likeness (QED) is 0.378. The number of hydrogen-bond donors (Lipinski definition) is 2. The molecule has 2 aromatic heterocycles. The molecule has 1 amide bonds. The molecule has 3 heterocycles. The molecule has 0 atom stereocenters. The number of carbonyl (C=O) groups excluding carboxylic acids is 1. The smallest absolute Gasteiger partial charge is 0.237 e. The molecule has 6 rings (SSSR count). The maximum absolute atomic E-state index is 12.9. The minimum absolute atomic E-state index is 0.143. The monoisotopic (exact) mass is 453 g/mol. The van der Waals surface area contributed by atoms with Gasteiger partial charge < -0.3 is 9.88 Å². The number of benzene rings is 2. The Morgan fingerprint density at radius 2 is 1.94 bits per heavy atom. The van der Waals surface area contributed by atoms with Crippen LogP contribution < -0.4 is 4.90 Å². The molecule has 34 heavy (non-hydrogen) atoms. The van der Waals surface area contributed by atoms with Gasteiger partial charge in [-0.2, -0.15) is 5.10 Å². The standard InChI is InChI=1S/C28H31N5O/c1-4-33-24-16-23-22(15-20(24)28(2,3)27(33)34)29-26(30-23)25-19-13-12-18(14-21(19)31-32-25)11-10-17-8-6-5-7-9-17/h10-17H,4-9H2,1-3H3,(H,29,30)(H,31,32)/b11-10+. The lowest BCUT2D eigenvalue weighted by Gasteiger charge is -2.18. The number of allylic oxidation sites excluding steroid dienone is 1. The first-order valence-electron chi connectivity index (χ1n) is 12.5. The van der Waals surface area contributed by atoms with Crippen LogP contribution in [0.25, 0.3) is 39.5 Å².